The maximum absolute atomic E-state index is 12.4. The number of hydrogen-bond acceptors (Lipinski definition) is 3. The monoisotopic (exact) mass is 387 g/mol. The Labute approximate surface area is 166 Å². The summed E-state index contributed by atoms with van der Waals surface area (Å²) in [6.07, 6.45) is 1.52. The second-order valence-electron chi connectivity index (χ2n) is 6.86. The lowest BCUT2D eigenvalue weighted by atomic mass is 10.0. The third-order valence-corrected chi connectivity index (χ3v) is 4.86. The number of amides is 2. The third kappa shape index (κ3) is 4.87. The van der Waals surface area contributed by atoms with Crippen molar-refractivity contribution >= 4 is 29.9 Å². The average Bonchev–Trinajstić information content (AvgIpc) is 3.07. The van der Waals surface area contributed by atoms with Crippen molar-refractivity contribution in [2.45, 2.75) is 38.8 Å². The molecule has 6 heteroatoms. The van der Waals surface area contributed by atoms with Gasteiger partial charge in [-0.15, -0.1) is 12.4 Å². The van der Waals surface area contributed by atoms with Crippen molar-refractivity contribution < 1.29 is 9.59 Å². The first kappa shape index (κ1) is 20.9. The van der Waals surface area contributed by atoms with E-state index in [0.717, 1.165) is 35.3 Å². The van der Waals surface area contributed by atoms with Crippen LogP contribution in [0.4, 0.5) is 5.69 Å². The zero-order chi connectivity index (χ0) is 18.7. The second-order valence-corrected chi connectivity index (χ2v) is 6.86. The highest BCUT2D eigenvalue weighted by atomic mass is 35.5. The van der Waals surface area contributed by atoms with Gasteiger partial charge in [0.25, 0.3) is 0 Å². The fourth-order valence-corrected chi connectivity index (χ4v) is 3.18. The Morgan fingerprint density at radius 1 is 1.07 bits per heavy atom. The SMILES string of the molecule is Cc1ccc(C(N)C(=O)NC(C)c2ccc(N3CCCC3=O)cc2)cc1.Cl. The van der Waals surface area contributed by atoms with E-state index in [9.17, 15) is 9.59 Å². The Balaban J connectivity index is 0.00000261. The molecule has 5 nitrogen and oxygen atoms in total. The molecule has 27 heavy (non-hydrogen) atoms. The molecule has 0 saturated carbocycles. The molecule has 0 radical (unpaired) electrons. The number of rotatable bonds is 5. The van der Waals surface area contributed by atoms with Gasteiger partial charge in [-0.25, -0.2) is 0 Å². The predicted molar refractivity (Wildman–Crippen MR) is 110 cm³/mol. The number of nitrogens with two attached hydrogens (primary N) is 1. The van der Waals surface area contributed by atoms with Gasteiger partial charge in [0, 0.05) is 18.7 Å². The highest BCUT2D eigenvalue weighted by Gasteiger charge is 2.22. The van der Waals surface area contributed by atoms with Gasteiger partial charge in [0.15, 0.2) is 0 Å². The average molecular weight is 388 g/mol. The summed E-state index contributed by atoms with van der Waals surface area (Å²) in [5.74, 6) is -0.0386. The van der Waals surface area contributed by atoms with Gasteiger partial charge >= 0.3 is 0 Å². The van der Waals surface area contributed by atoms with Crippen molar-refractivity contribution in [1.29, 1.82) is 0 Å². The Kier molecular flexibility index (Phi) is 6.99. The van der Waals surface area contributed by atoms with Crippen molar-refractivity contribution in [2.75, 3.05) is 11.4 Å². The van der Waals surface area contributed by atoms with E-state index in [2.05, 4.69) is 5.32 Å². The van der Waals surface area contributed by atoms with Crippen LogP contribution >= 0.6 is 12.4 Å². The van der Waals surface area contributed by atoms with E-state index in [-0.39, 0.29) is 30.3 Å². The molecule has 0 spiro atoms. The Bertz CT molecular complexity index is 790. The van der Waals surface area contributed by atoms with Crippen molar-refractivity contribution in [2.24, 2.45) is 5.73 Å². The first-order chi connectivity index (χ1) is 12.5. The smallest absolute Gasteiger partial charge is 0.241 e. The van der Waals surface area contributed by atoms with Crippen LogP contribution in [0.5, 0.6) is 0 Å². The number of hydrogen-bond donors (Lipinski definition) is 2. The predicted octanol–water partition coefficient (Wildman–Crippen LogP) is 3.42. The molecule has 2 amide bonds. The van der Waals surface area contributed by atoms with E-state index >= 15 is 0 Å². The summed E-state index contributed by atoms with van der Waals surface area (Å²) in [6.45, 7) is 4.70. The van der Waals surface area contributed by atoms with Gasteiger partial charge in [-0.1, -0.05) is 42.0 Å². The lowest BCUT2D eigenvalue weighted by molar-refractivity contribution is -0.123. The van der Waals surface area contributed by atoms with Gasteiger partial charge in [-0.3, -0.25) is 9.59 Å². The summed E-state index contributed by atoms with van der Waals surface area (Å²) >= 11 is 0. The molecule has 0 aromatic heterocycles. The molecule has 2 unspecified atom stereocenters. The third-order valence-electron chi connectivity index (χ3n) is 4.86. The van der Waals surface area contributed by atoms with Crippen molar-refractivity contribution in [3.63, 3.8) is 0 Å². The minimum atomic E-state index is -0.695. The highest BCUT2D eigenvalue weighted by molar-refractivity contribution is 5.95. The molecule has 3 rings (SSSR count). The summed E-state index contributed by atoms with van der Waals surface area (Å²) in [5.41, 5.74) is 9.89. The van der Waals surface area contributed by atoms with Crippen LogP contribution in [-0.4, -0.2) is 18.4 Å². The molecule has 1 saturated heterocycles. The molecule has 3 N–H and O–H groups in total. The Morgan fingerprint density at radius 2 is 1.67 bits per heavy atom. The minimum absolute atomic E-state index is 0. The van der Waals surface area contributed by atoms with E-state index in [1.807, 2.05) is 62.4 Å². The quantitative estimate of drug-likeness (QED) is 0.825. The van der Waals surface area contributed by atoms with E-state index in [0.29, 0.717) is 6.42 Å². The van der Waals surface area contributed by atoms with Crippen molar-refractivity contribution in [1.82, 2.24) is 5.32 Å². The van der Waals surface area contributed by atoms with E-state index < -0.39 is 6.04 Å². The second kappa shape index (κ2) is 9.02. The highest BCUT2D eigenvalue weighted by Crippen LogP contribution is 2.24. The maximum atomic E-state index is 12.4. The number of halogens is 1. The first-order valence-corrected chi connectivity index (χ1v) is 8.98. The number of benzene rings is 2. The lowest BCUT2D eigenvalue weighted by Gasteiger charge is -2.20. The van der Waals surface area contributed by atoms with Gasteiger partial charge in [-0.2, -0.15) is 0 Å². The standard InChI is InChI=1S/C21H25N3O2.ClH/c1-14-5-7-17(8-6-14)20(22)21(26)23-15(2)16-9-11-18(12-10-16)24-13-3-4-19(24)25;/h5-12,15,20H,3-4,13,22H2,1-2H3,(H,23,26);1H. The van der Waals surface area contributed by atoms with Gasteiger partial charge < -0.3 is 16.0 Å². The van der Waals surface area contributed by atoms with Crippen LogP contribution in [0.2, 0.25) is 0 Å². The van der Waals surface area contributed by atoms with Crippen molar-refractivity contribution in [3.05, 3.63) is 65.2 Å². The number of carbonyl (C=O) groups is 2. The number of nitrogens with zero attached hydrogens (tertiary/aromatic N) is 1. The molecule has 2 aromatic rings. The number of anilines is 1. The summed E-state index contributed by atoms with van der Waals surface area (Å²) in [7, 11) is 0. The fourth-order valence-electron chi connectivity index (χ4n) is 3.18. The first-order valence-electron chi connectivity index (χ1n) is 8.98. The minimum Gasteiger partial charge on any atom is -0.348 e. The molecule has 144 valence electrons. The molecular weight excluding hydrogens is 362 g/mol. The zero-order valence-corrected chi connectivity index (χ0v) is 16.5. The number of nitrogens with one attached hydrogen (secondary N) is 1. The molecule has 2 atom stereocenters. The van der Waals surface area contributed by atoms with Gasteiger partial charge in [0.05, 0.1) is 6.04 Å². The van der Waals surface area contributed by atoms with Crippen LogP contribution < -0.4 is 16.0 Å². The Morgan fingerprint density at radius 3 is 2.22 bits per heavy atom. The summed E-state index contributed by atoms with van der Waals surface area (Å²) in [6, 6.07) is 14.6. The van der Waals surface area contributed by atoms with Crippen LogP contribution in [0.25, 0.3) is 0 Å². The number of aryl methyl sites for hydroxylation is 1. The fraction of sp³-hybridized carbons (Fsp3) is 0.333. The maximum Gasteiger partial charge on any atom is 0.241 e. The molecule has 0 aliphatic carbocycles. The molecule has 1 heterocycles. The van der Waals surface area contributed by atoms with Gasteiger partial charge in [0.2, 0.25) is 11.8 Å². The topological polar surface area (TPSA) is 75.4 Å². The molecule has 1 fully saturated rings. The van der Waals surface area contributed by atoms with Crippen LogP contribution in [0.1, 0.15) is 48.5 Å². The van der Waals surface area contributed by atoms with E-state index in [4.69, 9.17) is 5.73 Å². The lowest BCUT2D eigenvalue weighted by Crippen LogP contribution is -2.35. The largest absolute Gasteiger partial charge is 0.348 e. The molecule has 1 aliphatic rings. The van der Waals surface area contributed by atoms with Crippen molar-refractivity contribution in [3.8, 4) is 0 Å². The molecule has 0 bridgehead atoms. The van der Waals surface area contributed by atoms with Crippen LogP contribution in [-0.2, 0) is 9.59 Å². The normalized spacial score (nSPS) is 15.8. The van der Waals surface area contributed by atoms with Crippen LogP contribution in [0, 0.1) is 6.92 Å². The van der Waals surface area contributed by atoms with Crippen LogP contribution in [0.15, 0.2) is 48.5 Å². The van der Waals surface area contributed by atoms with Crippen LogP contribution in [0.3, 0.4) is 0 Å². The van der Waals surface area contributed by atoms with E-state index in [1.165, 1.54) is 0 Å². The summed E-state index contributed by atoms with van der Waals surface area (Å²) < 4.78 is 0. The molecule has 2 aromatic carbocycles. The Hall–Kier alpha value is -2.37. The van der Waals surface area contributed by atoms with Gasteiger partial charge in [0.1, 0.15) is 6.04 Å². The summed E-state index contributed by atoms with van der Waals surface area (Å²) in [4.78, 5) is 26.1. The summed E-state index contributed by atoms with van der Waals surface area (Å²) in [5, 5.41) is 2.96. The van der Waals surface area contributed by atoms with Gasteiger partial charge in [-0.05, 0) is 43.5 Å². The number of carbonyl (C=O) groups excluding carboxylic acids is 2. The zero-order valence-electron chi connectivity index (χ0n) is 15.6. The van der Waals surface area contributed by atoms with E-state index in [1.54, 1.807) is 4.90 Å². The molecular formula is C21H26ClN3O2. The molecule has 1 aliphatic heterocycles.